The number of ketones is 1. The quantitative estimate of drug-likeness (QED) is 0.206. The van der Waals surface area contributed by atoms with E-state index in [1.165, 1.54) is 24.3 Å². The highest BCUT2D eigenvalue weighted by molar-refractivity contribution is 9.10. The minimum Gasteiger partial charge on any atom is -0.502 e. The number of nitro benzene ring substituents is 1. The fourth-order valence-corrected chi connectivity index (χ4v) is 2.99. The van der Waals surface area contributed by atoms with E-state index >= 15 is 0 Å². The number of hydrogen-bond acceptors (Lipinski definition) is 4. The molecular formula is C15H7BrCl3NO4. The van der Waals surface area contributed by atoms with Gasteiger partial charge in [0.05, 0.1) is 20.5 Å². The molecule has 24 heavy (non-hydrogen) atoms. The van der Waals surface area contributed by atoms with Crippen LogP contribution in [-0.2, 0) is 0 Å². The molecule has 0 radical (unpaired) electrons. The Morgan fingerprint density at radius 1 is 1.21 bits per heavy atom. The maximum atomic E-state index is 12.2. The highest BCUT2D eigenvalue weighted by Crippen LogP contribution is 2.34. The molecule has 2 aromatic carbocycles. The summed E-state index contributed by atoms with van der Waals surface area (Å²) in [5.41, 5.74) is -0.409. The Hall–Kier alpha value is -1.60. The minimum atomic E-state index is -0.784. The number of carbonyl (C=O) groups is 1. The number of hydrogen-bond donors (Lipinski definition) is 1. The third kappa shape index (κ3) is 4.08. The Balaban J connectivity index is 2.43. The summed E-state index contributed by atoms with van der Waals surface area (Å²) in [7, 11) is 0. The van der Waals surface area contributed by atoms with Gasteiger partial charge in [-0.15, -0.1) is 0 Å². The number of nitrogens with zero attached hydrogens (tertiary/aromatic N) is 1. The lowest BCUT2D eigenvalue weighted by atomic mass is 10.1. The van der Waals surface area contributed by atoms with Crippen LogP contribution >= 0.6 is 50.7 Å². The first-order chi connectivity index (χ1) is 11.2. The Bertz CT molecular complexity index is 884. The summed E-state index contributed by atoms with van der Waals surface area (Å²) in [5, 5.41) is 21.6. The first kappa shape index (κ1) is 18.7. The summed E-state index contributed by atoms with van der Waals surface area (Å²) in [5.74, 6) is -1.36. The van der Waals surface area contributed by atoms with Gasteiger partial charge in [0, 0.05) is 15.6 Å². The molecule has 0 heterocycles. The molecule has 0 atom stereocenters. The van der Waals surface area contributed by atoms with Crippen molar-refractivity contribution in [3.63, 3.8) is 0 Å². The molecule has 2 aromatic rings. The van der Waals surface area contributed by atoms with Crippen LogP contribution in [0, 0.1) is 10.1 Å². The predicted octanol–water partition coefficient (Wildman–Crippen LogP) is 5.92. The summed E-state index contributed by atoms with van der Waals surface area (Å²) in [6.07, 6.45) is 2.47. The van der Waals surface area contributed by atoms with Gasteiger partial charge in [0.1, 0.15) is 0 Å². The molecule has 9 heteroatoms. The van der Waals surface area contributed by atoms with Crippen LogP contribution in [0.1, 0.15) is 15.9 Å². The van der Waals surface area contributed by atoms with Gasteiger partial charge >= 0.3 is 5.69 Å². The lowest BCUT2D eigenvalue weighted by Crippen LogP contribution is -1.99. The molecule has 0 bridgehead atoms. The summed E-state index contributed by atoms with van der Waals surface area (Å²) in [4.78, 5) is 22.4. The third-order valence-corrected chi connectivity index (χ3v) is 4.44. The van der Waals surface area contributed by atoms with Crippen LogP contribution < -0.4 is 0 Å². The van der Waals surface area contributed by atoms with Gasteiger partial charge in [-0.25, -0.2) is 0 Å². The van der Waals surface area contributed by atoms with Crippen molar-refractivity contribution in [1.29, 1.82) is 0 Å². The van der Waals surface area contributed by atoms with Gasteiger partial charge in [-0.05, 0) is 35.9 Å². The molecule has 2 rings (SSSR count). The van der Waals surface area contributed by atoms with E-state index in [9.17, 15) is 20.0 Å². The van der Waals surface area contributed by atoms with E-state index in [1.807, 2.05) is 0 Å². The van der Waals surface area contributed by atoms with E-state index in [0.29, 0.717) is 10.6 Å². The zero-order chi connectivity index (χ0) is 18.0. The van der Waals surface area contributed by atoms with Gasteiger partial charge in [-0.3, -0.25) is 14.9 Å². The lowest BCUT2D eigenvalue weighted by Gasteiger charge is -2.04. The van der Waals surface area contributed by atoms with Gasteiger partial charge in [0.2, 0.25) is 5.75 Å². The minimum absolute atomic E-state index is 0.203. The summed E-state index contributed by atoms with van der Waals surface area (Å²) in [6.45, 7) is 0. The van der Waals surface area contributed by atoms with Crippen LogP contribution in [0.3, 0.4) is 0 Å². The molecule has 0 saturated heterocycles. The number of phenolic OH excluding ortho intramolecular Hbond substituents is 1. The lowest BCUT2D eigenvalue weighted by molar-refractivity contribution is -0.386. The van der Waals surface area contributed by atoms with Crippen LogP contribution in [0.25, 0.3) is 6.08 Å². The zero-order valence-corrected chi connectivity index (χ0v) is 15.4. The molecule has 5 nitrogen and oxygen atoms in total. The normalized spacial score (nSPS) is 11.0. The zero-order valence-electron chi connectivity index (χ0n) is 11.6. The number of carbonyl (C=O) groups excluding carboxylic acids is 1. The topological polar surface area (TPSA) is 80.4 Å². The first-order valence-electron chi connectivity index (χ1n) is 6.24. The van der Waals surface area contributed by atoms with Crippen molar-refractivity contribution in [2.45, 2.75) is 0 Å². The number of phenols is 1. The van der Waals surface area contributed by atoms with Gasteiger partial charge in [0.25, 0.3) is 0 Å². The second-order valence-electron chi connectivity index (χ2n) is 4.57. The fraction of sp³-hybridized carbons (Fsp3) is 0. The van der Waals surface area contributed by atoms with Gasteiger partial charge in [-0.2, -0.15) is 0 Å². The fourth-order valence-electron chi connectivity index (χ4n) is 1.86. The van der Waals surface area contributed by atoms with Crippen LogP contribution in [0.15, 0.2) is 34.8 Å². The second-order valence-corrected chi connectivity index (χ2v) is 6.70. The molecule has 0 saturated carbocycles. The van der Waals surface area contributed by atoms with E-state index in [1.54, 1.807) is 0 Å². The Kier molecular flexibility index (Phi) is 5.87. The van der Waals surface area contributed by atoms with E-state index in [4.69, 9.17) is 34.8 Å². The summed E-state index contributed by atoms with van der Waals surface area (Å²) in [6, 6.07) is 5.34. The predicted molar refractivity (Wildman–Crippen MR) is 97.3 cm³/mol. The Labute approximate surface area is 159 Å². The van der Waals surface area contributed by atoms with Gasteiger partial charge in [0.15, 0.2) is 5.78 Å². The standard InChI is InChI=1S/C15H7BrCl3NO4/c16-8-4-10(15(22)12(5-8)20(23)24)13(21)2-1-7-3-9(17)6-11(18)14(7)19/h1-6,22H/b2-1+. The molecular weight excluding hydrogens is 444 g/mol. The number of aromatic hydroxyl groups is 1. The van der Waals surface area contributed by atoms with Crippen molar-refractivity contribution in [3.05, 3.63) is 71.1 Å². The van der Waals surface area contributed by atoms with E-state index in [2.05, 4.69) is 15.9 Å². The van der Waals surface area contributed by atoms with Crippen molar-refractivity contribution < 1.29 is 14.8 Å². The smallest absolute Gasteiger partial charge is 0.312 e. The molecule has 0 fully saturated rings. The highest BCUT2D eigenvalue weighted by atomic mass is 79.9. The molecule has 0 aliphatic carbocycles. The van der Waals surface area contributed by atoms with Crippen molar-refractivity contribution in [2.24, 2.45) is 0 Å². The summed E-state index contributed by atoms with van der Waals surface area (Å²) >= 11 is 20.9. The SMILES string of the molecule is O=C(/C=C/c1cc(Cl)cc(Cl)c1Cl)c1cc(Br)cc([N+](=O)[O-])c1O. The largest absolute Gasteiger partial charge is 0.502 e. The molecule has 124 valence electrons. The number of halogens is 4. The average molecular weight is 451 g/mol. The van der Waals surface area contributed by atoms with Crippen LogP contribution in [0.4, 0.5) is 5.69 Å². The van der Waals surface area contributed by atoms with Gasteiger partial charge in [-0.1, -0.05) is 50.7 Å². The maximum absolute atomic E-state index is 12.2. The molecule has 0 amide bonds. The van der Waals surface area contributed by atoms with Gasteiger partial charge < -0.3 is 5.11 Å². The van der Waals surface area contributed by atoms with E-state index in [-0.39, 0.29) is 20.1 Å². The van der Waals surface area contributed by atoms with Crippen molar-refractivity contribution in [2.75, 3.05) is 0 Å². The maximum Gasteiger partial charge on any atom is 0.312 e. The highest BCUT2D eigenvalue weighted by Gasteiger charge is 2.21. The average Bonchev–Trinajstić information content (AvgIpc) is 2.50. The van der Waals surface area contributed by atoms with Crippen LogP contribution in [0.2, 0.25) is 15.1 Å². The van der Waals surface area contributed by atoms with E-state index in [0.717, 1.165) is 12.1 Å². The van der Waals surface area contributed by atoms with E-state index < -0.39 is 22.1 Å². The third-order valence-electron chi connectivity index (χ3n) is 2.95. The molecule has 0 aliphatic rings. The number of benzene rings is 2. The van der Waals surface area contributed by atoms with Crippen molar-refractivity contribution in [1.82, 2.24) is 0 Å². The first-order valence-corrected chi connectivity index (χ1v) is 8.17. The molecule has 0 aliphatic heterocycles. The molecule has 0 unspecified atom stereocenters. The number of rotatable bonds is 4. The summed E-state index contributed by atoms with van der Waals surface area (Å²) < 4.78 is 0.285. The monoisotopic (exact) mass is 449 g/mol. The molecule has 0 spiro atoms. The second kappa shape index (κ2) is 7.53. The number of nitro groups is 1. The molecule has 1 N–H and O–H groups in total. The Morgan fingerprint density at radius 2 is 1.88 bits per heavy atom. The van der Waals surface area contributed by atoms with Crippen molar-refractivity contribution >= 4 is 68.3 Å². The number of allylic oxidation sites excluding steroid dienone is 1. The molecule has 0 aromatic heterocycles. The van der Waals surface area contributed by atoms with Crippen LogP contribution in [0.5, 0.6) is 5.75 Å². The van der Waals surface area contributed by atoms with Crippen LogP contribution in [-0.4, -0.2) is 15.8 Å². The Morgan fingerprint density at radius 3 is 2.50 bits per heavy atom. The van der Waals surface area contributed by atoms with Crippen molar-refractivity contribution in [3.8, 4) is 5.75 Å².